The summed E-state index contributed by atoms with van der Waals surface area (Å²) in [4.78, 5) is 26.4. The molecular weight excluding hydrogens is 232 g/mol. The Morgan fingerprint density at radius 2 is 1.78 bits per heavy atom. The predicted molar refractivity (Wildman–Crippen MR) is 69.4 cm³/mol. The number of nitrogens with zero attached hydrogens (tertiary/aromatic N) is 2. The third-order valence-electron chi connectivity index (χ3n) is 3.66. The molecule has 0 aromatic heterocycles. The van der Waals surface area contributed by atoms with E-state index in [4.69, 9.17) is 5.11 Å². The summed E-state index contributed by atoms with van der Waals surface area (Å²) in [5.74, 6) is -0.638. The molecule has 0 radical (unpaired) electrons. The van der Waals surface area contributed by atoms with Crippen LogP contribution in [0.15, 0.2) is 0 Å². The second-order valence-electron chi connectivity index (χ2n) is 5.14. The van der Waals surface area contributed by atoms with E-state index >= 15 is 0 Å². The summed E-state index contributed by atoms with van der Waals surface area (Å²) >= 11 is 0. The van der Waals surface area contributed by atoms with Crippen LogP contribution in [0.25, 0.3) is 0 Å². The number of piperidine rings is 1. The summed E-state index contributed by atoms with van der Waals surface area (Å²) in [6.07, 6.45) is 3.95. The van der Waals surface area contributed by atoms with Gasteiger partial charge in [0.15, 0.2) is 0 Å². The molecule has 1 saturated heterocycles. The standard InChI is InChI=1S/C13H24N2O3/c1-14-9-7-11(8-10-14)15(2)12(16)5-3-4-6-13(17)18/h11H,3-10H2,1-2H3,(H,17,18). The van der Waals surface area contributed by atoms with Crippen molar-refractivity contribution >= 4 is 11.9 Å². The molecule has 1 rings (SSSR count). The number of likely N-dealkylation sites (tertiary alicyclic amines) is 1. The summed E-state index contributed by atoms with van der Waals surface area (Å²) in [5, 5.41) is 8.52. The van der Waals surface area contributed by atoms with Crippen LogP contribution in [0.5, 0.6) is 0 Å². The van der Waals surface area contributed by atoms with Crippen LogP contribution >= 0.6 is 0 Å². The van der Waals surface area contributed by atoms with E-state index in [1.54, 1.807) is 0 Å². The number of hydrogen-bond donors (Lipinski definition) is 1. The van der Waals surface area contributed by atoms with Crippen LogP contribution in [0.1, 0.15) is 38.5 Å². The minimum absolute atomic E-state index is 0.148. The highest BCUT2D eigenvalue weighted by Crippen LogP contribution is 2.15. The fourth-order valence-electron chi connectivity index (χ4n) is 2.31. The molecule has 18 heavy (non-hydrogen) atoms. The lowest BCUT2D eigenvalue weighted by molar-refractivity contribution is -0.137. The molecule has 5 heteroatoms. The van der Waals surface area contributed by atoms with Crippen molar-refractivity contribution < 1.29 is 14.7 Å². The largest absolute Gasteiger partial charge is 0.481 e. The first-order chi connectivity index (χ1) is 8.50. The van der Waals surface area contributed by atoms with Gasteiger partial charge in [0.05, 0.1) is 0 Å². The van der Waals surface area contributed by atoms with Crippen molar-refractivity contribution in [3.8, 4) is 0 Å². The number of amides is 1. The number of carboxylic acid groups (broad SMARTS) is 1. The van der Waals surface area contributed by atoms with E-state index in [2.05, 4.69) is 11.9 Å². The van der Waals surface area contributed by atoms with Crippen molar-refractivity contribution in [3.05, 3.63) is 0 Å². The van der Waals surface area contributed by atoms with E-state index in [1.165, 1.54) is 0 Å². The first kappa shape index (κ1) is 15.0. The van der Waals surface area contributed by atoms with E-state index in [9.17, 15) is 9.59 Å². The second kappa shape index (κ2) is 7.36. The Morgan fingerprint density at radius 1 is 1.22 bits per heavy atom. The molecule has 0 aromatic carbocycles. The highest BCUT2D eigenvalue weighted by Gasteiger charge is 2.23. The Labute approximate surface area is 109 Å². The molecule has 1 aliphatic heterocycles. The number of aliphatic carboxylic acids is 1. The van der Waals surface area contributed by atoms with Gasteiger partial charge in [0.2, 0.25) is 5.91 Å². The van der Waals surface area contributed by atoms with Crippen LogP contribution in [-0.4, -0.2) is 60.0 Å². The van der Waals surface area contributed by atoms with Gasteiger partial charge in [0.1, 0.15) is 0 Å². The van der Waals surface area contributed by atoms with Crippen molar-refractivity contribution in [1.82, 2.24) is 9.80 Å². The Balaban J connectivity index is 2.22. The van der Waals surface area contributed by atoms with Crippen LogP contribution in [0.2, 0.25) is 0 Å². The van der Waals surface area contributed by atoms with Crippen LogP contribution in [0.4, 0.5) is 0 Å². The third-order valence-corrected chi connectivity index (χ3v) is 3.66. The average Bonchev–Trinajstić information content (AvgIpc) is 2.34. The molecule has 0 atom stereocenters. The zero-order valence-electron chi connectivity index (χ0n) is 11.4. The van der Waals surface area contributed by atoms with E-state index in [-0.39, 0.29) is 12.3 Å². The zero-order valence-corrected chi connectivity index (χ0v) is 11.4. The van der Waals surface area contributed by atoms with Crippen molar-refractivity contribution in [2.75, 3.05) is 27.2 Å². The minimum atomic E-state index is -0.786. The molecule has 5 nitrogen and oxygen atoms in total. The molecular formula is C13H24N2O3. The van der Waals surface area contributed by atoms with E-state index in [0.29, 0.717) is 25.3 Å². The average molecular weight is 256 g/mol. The number of unbranched alkanes of at least 4 members (excludes halogenated alkanes) is 1. The van der Waals surface area contributed by atoms with Crippen molar-refractivity contribution in [2.24, 2.45) is 0 Å². The van der Waals surface area contributed by atoms with Gasteiger partial charge in [-0.1, -0.05) is 0 Å². The Kier molecular flexibility index (Phi) is 6.12. The van der Waals surface area contributed by atoms with Gasteiger partial charge in [-0.05, 0) is 45.8 Å². The van der Waals surface area contributed by atoms with Gasteiger partial charge in [-0.3, -0.25) is 9.59 Å². The maximum absolute atomic E-state index is 11.9. The highest BCUT2D eigenvalue weighted by molar-refractivity contribution is 5.76. The zero-order chi connectivity index (χ0) is 13.5. The summed E-state index contributed by atoms with van der Waals surface area (Å²) in [6.45, 7) is 2.09. The van der Waals surface area contributed by atoms with E-state index < -0.39 is 5.97 Å². The third kappa shape index (κ3) is 5.04. The maximum Gasteiger partial charge on any atom is 0.303 e. The van der Waals surface area contributed by atoms with E-state index in [1.807, 2.05) is 11.9 Å². The van der Waals surface area contributed by atoms with Gasteiger partial charge >= 0.3 is 5.97 Å². The normalized spacial score (nSPS) is 17.7. The molecule has 0 spiro atoms. The number of carboxylic acids is 1. The summed E-state index contributed by atoms with van der Waals surface area (Å²) < 4.78 is 0. The molecule has 0 aromatic rings. The second-order valence-corrected chi connectivity index (χ2v) is 5.14. The van der Waals surface area contributed by atoms with Gasteiger partial charge in [-0.15, -0.1) is 0 Å². The quantitative estimate of drug-likeness (QED) is 0.725. The first-order valence-corrected chi connectivity index (χ1v) is 6.66. The van der Waals surface area contributed by atoms with Crippen molar-refractivity contribution in [1.29, 1.82) is 0 Å². The van der Waals surface area contributed by atoms with Gasteiger partial charge in [0.25, 0.3) is 0 Å². The molecule has 1 fully saturated rings. The minimum Gasteiger partial charge on any atom is -0.481 e. The molecule has 0 aliphatic carbocycles. The van der Waals surface area contributed by atoms with Crippen LogP contribution in [-0.2, 0) is 9.59 Å². The van der Waals surface area contributed by atoms with Crippen LogP contribution in [0.3, 0.4) is 0 Å². The molecule has 1 amide bonds. The summed E-state index contributed by atoms with van der Waals surface area (Å²) in [7, 11) is 3.97. The summed E-state index contributed by atoms with van der Waals surface area (Å²) in [6, 6.07) is 0.355. The SMILES string of the molecule is CN1CCC(N(C)C(=O)CCCCC(=O)O)CC1. The van der Waals surface area contributed by atoms with Gasteiger partial charge in [0, 0.05) is 25.9 Å². The molecule has 1 aliphatic rings. The fourth-order valence-corrected chi connectivity index (χ4v) is 2.31. The molecule has 1 heterocycles. The topological polar surface area (TPSA) is 60.9 Å². The number of carbonyl (C=O) groups is 2. The lowest BCUT2D eigenvalue weighted by Gasteiger charge is -2.35. The first-order valence-electron chi connectivity index (χ1n) is 6.66. The fraction of sp³-hybridized carbons (Fsp3) is 0.846. The van der Waals surface area contributed by atoms with Gasteiger partial charge < -0.3 is 14.9 Å². The predicted octanol–water partition coefficient (Wildman–Crippen LogP) is 1.18. The van der Waals surface area contributed by atoms with Crippen molar-refractivity contribution in [2.45, 2.75) is 44.6 Å². The number of hydrogen-bond acceptors (Lipinski definition) is 3. The number of carbonyl (C=O) groups excluding carboxylic acids is 1. The molecule has 0 unspecified atom stereocenters. The molecule has 104 valence electrons. The van der Waals surface area contributed by atoms with Crippen LogP contribution < -0.4 is 0 Å². The maximum atomic E-state index is 11.9. The molecule has 1 N–H and O–H groups in total. The Hall–Kier alpha value is -1.10. The van der Waals surface area contributed by atoms with Gasteiger partial charge in [-0.25, -0.2) is 0 Å². The highest BCUT2D eigenvalue weighted by atomic mass is 16.4. The van der Waals surface area contributed by atoms with Gasteiger partial charge in [-0.2, -0.15) is 0 Å². The lowest BCUT2D eigenvalue weighted by Crippen LogP contribution is -2.44. The van der Waals surface area contributed by atoms with Crippen LogP contribution in [0, 0.1) is 0 Å². The smallest absolute Gasteiger partial charge is 0.303 e. The Morgan fingerprint density at radius 3 is 2.33 bits per heavy atom. The monoisotopic (exact) mass is 256 g/mol. The lowest BCUT2D eigenvalue weighted by atomic mass is 10.0. The Bertz CT molecular complexity index is 286. The van der Waals surface area contributed by atoms with E-state index in [0.717, 1.165) is 25.9 Å². The van der Waals surface area contributed by atoms with Crippen molar-refractivity contribution in [3.63, 3.8) is 0 Å². The molecule has 0 bridgehead atoms. The number of rotatable bonds is 6. The summed E-state index contributed by atoms with van der Waals surface area (Å²) in [5.41, 5.74) is 0. The molecule has 0 saturated carbocycles.